The maximum atomic E-state index is 5.62. The Kier molecular flexibility index (Phi) is 3.33. The van der Waals surface area contributed by atoms with Crippen LogP contribution >= 0.6 is 11.3 Å². The van der Waals surface area contributed by atoms with Crippen molar-refractivity contribution in [2.45, 2.75) is 19.9 Å². The molecule has 2 aromatic rings. The molecule has 0 aliphatic heterocycles. The summed E-state index contributed by atoms with van der Waals surface area (Å²) in [5.74, 6) is 5.62. The predicted molar refractivity (Wildman–Crippen MR) is 67.2 cm³/mol. The van der Waals surface area contributed by atoms with Crippen LogP contribution in [0, 0.1) is 13.8 Å². The fourth-order valence-electron chi connectivity index (χ4n) is 1.74. The van der Waals surface area contributed by atoms with Gasteiger partial charge in [0, 0.05) is 17.3 Å². The summed E-state index contributed by atoms with van der Waals surface area (Å²) in [6, 6.07) is 4.28. The van der Waals surface area contributed by atoms with E-state index in [2.05, 4.69) is 34.8 Å². The lowest BCUT2D eigenvalue weighted by atomic mass is 10.0. The zero-order valence-electron chi connectivity index (χ0n) is 9.40. The first kappa shape index (κ1) is 11.3. The third kappa shape index (κ3) is 2.29. The monoisotopic (exact) mass is 233 g/mol. The number of pyridine rings is 1. The summed E-state index contributed by atoms with van der Waals surface area (Å²) in [7, 11) is 0. The lowest BCUT2D eigenvalue weighted by Gasteiger charge is -2.15. The van der Waals surface area contributed by atoms with E-state index in [0.717, 1.165) is 11.1 Å². The largest absolute Gasteiger partial charge is 0.271 e. The Morgan fingerprint density at radius 2 is 2.06 bits per heavy atom. The van der Waals surface area contributed by atoms with E-state index >= 15 is 0 Å². The summed E-state index contributed by atoms with van der Waals surface area (Å²) < 4.78 is 0. The number of aromatic nitrogens is 1. The Labute approximate surface area is 99.3 Å². The Bertz CT molecular complexity index is 479. The van der Waals surface area contributed by atoms with E-state index in [0.29, 0.717) is 0 Å². The number of hydrogen-bond acceptors (Lipinski definition) is 4. The van der Waals surface area contributed by atoms with E-state index in [4.69, 9.17) is 5.84 Å². The molecule has 0 fully saturated rings. The summed E-state index contributed by atoms with van der Waals surface area (Å²) in [6.45, 7) is 4.12. The normalized spacial score (nSPS) is 12.7. The van der Waals surface area contributed by atoms with Crippen LogP contribution in [0.1, 0.15) is 27.6 Å². The molecular formula is C12H15N3S. The summed E-state index contributed by atoms with van der Waals surface area (Å²) in [5.41, 5.74) is 6.27. The fraction of sp³-hybridized carbons (Fsp3) is 0.250. The standard InChI is InChI=1S/C12H15N3S/c1-8-3-10(6-14-5-8)12(15-13)11-4-9(2)16-7-11/h3-7,12,15H,13H2,1-2H3. The molecule has 0 saturated carbocycles. The molecule has 2 aromatic heterocycles. The van der Waals surface area contributed by atoms with Crippen molar-refractivity contribution >= 4 is 11.3 Å². The van der Waals surface area contributed by atoms with E-state index in [9.17, 15) is 0 Å². The molecule has 4 heteroatoms. The Balaban J connectivity index is 2.36. The van der Waals surface area contributed by atoms with E-state index in [1.807, 2.05) is 19.3 Å². The van der Waals surface area contributed by atoms with E-state index < -0.39 is 0 Å². The van der Waals surface area contributed by atoms with Crippen molar-refractivity contribution < 1.29 is 0 Å². The molecule has 0 saturated heterocycles. The average molecular weight is 233 g/mol. The number of rotatable bonds is 3. The first-order valence-corrected chi connectivity index (χ1v) is 6.01. The van der Waals surface area contributed by atoms with Crippen LogP contribution in [0.4, 0.5) is 0 Å². The minimum Gasteiger partial charge on any atom is -0.271 e. The summed E-state index contributed by atoms with van der Waals surface area (Å²) in [5, 5.41) is 2.13. The molecule has 0 radical (unpaired) electrons. The van der Waals surface area contributed by atoms with Gasteiger partial charge in [-0.3, -0.25) is 10.8 Å². The number of nitrogens with zero attached hydrogens (tertiary/aromatic N) is 1. The van der Waals surface area contributed by atoms with Crippen LogP contribution in [0.2, 0.25) is 0 Å². The topological polar surface area (TPSA) is 50.9 Å². The fourth-order valence-corrected chi connectivity index (χ4v) is 2.47. The predicted octanol–water partition coefficient (Wildman–Crippen LogP) is 2.31. The second-order valence-corrected chi connectivity index (χ2v) is 5.00. The van der Waals surface area contributed by atoms with Crippen LogP contribution in [-0.4, -0.2) is 4.98 Å². The van der Waals surface area contributed by atoms with Gasteiger partial charge in [-0.1, -0.05) is 6.07 Å². The number of aryl methyl sites for hydroxylation is 2. The highest BCUT2D eigenvalue weighted by Gasteiger charge is 2.13. The van der Waals surface area contributed by atoms with Gasteiger partial charge in [0.05, 0.1) is 6.04 Å². The molecule has 1 atom stereocenters. The van der Waals surface area contributed by atoms with Gasteiger partial charge in [-0.05, 0) is 42.0 Å². The number of nitrogens with one attached hydrogen (secondary N) is 1. The summed E-state index contributed by atoms with van der Waals surface area (Å²) in [6.07, 6.45) is 3.69. The molecule has 0 aliphatic rings. The van der Waals surface area contributed by atoms with Crippen LogP contribution in [0.25, 0.3) is 0 Å². The molecule has 3 nitrogen and oxygen atoms in total. The van der Waals surface area contributed by atoms with Crippen LogP contribution in [0.3, 0.4) is 0 Å². The summed E-state index contributed by atoms with van der Waals surface area (Å²) in [4.78, 5) is 5.48. The van der Waals surface area contributed by atoms with Gasteiger partial charge in [0.15, 0.2) is 0 Å². The van der Waals surface area contributed by atoms with Gasteiger partial charge in [-0.2, -0.15) is 0 Å². The van der Waals surface area contributed by atoms with Crippen molar-refractivity contribution in [1.82, 2.24) is 10.4 Å². The zero-order valence-corrected chi connectivity index (χ0v) is 10.2. The molecule has 0 spiro atoms. The quantitative estimate of drug-likeness (QED) is 0.632. The maximum absolute atomic E-state index is 5.62. The molecule has 1 unspecified atom stereocenters. The van der Waals surface area contributed by atoms with Crippen molar-refractivity contribution in [1.29, 1.82) is 0 Å². The van der Waals surface area contributed by atoms with Crippen LogP contribution in [0.15, 0.2) is 29.9 Å². The van der Waals surface area contributed by atoms with Crippen molar-refractivity contribution in [3.05, 3.63) is 51.5 Å². The molecule has 3 N–H and O–H groups in total. The Hall–Kier alpha value is -1.23. The third-order valence-electron chi connectivity index (χ3n) is 2.48. The van der Waals surface area contributed by atoms with Gasteiger partial charge in [-0.15, -0.1) is 11.3 Å². The van der Waals surface area contributed by atoms with Crippen molar-refractivity contribution in [3.63, 3.8) is 0 Å². The third-order valence-corrected chi connectivity index (χ3v) is 3.36. The van der Waals surface area contributed by atoms with E-state index in [-0.39, 0.29) is 6.04 Å². The van der Waals surface area contributed by atoms with Gasteiger partial charge in [0.2, 0.25) is 0 Å². The SMILES string of the molecule is Cc1cncc(C(NN)c2csc(C)c2)c1. The number of hydrazine groups is 1. The Morgan fingerprint density at radius 1 is 1.25 bits per heavy atom. The Morgan fingerprint density at radius 3 is 2.62 bits per heavy atom. The lowest BCUT2D eigenvalue weighted by Crippen LogP contribution is -2.28. The summed E-state index contributed by atoms with van der Waals surface area (Å²) >= 11 is 1.73. The molecule has 2 rings (SSSR count). The average Bonchev–Trinajstić information content (AvgIpc) is 2.66. The number of thiophene rings is 1. The second-order valence-electron chi connectivity index (χ2n) is 3.89. The second kappa shape index (κ2) is 4.74. The zero-order chi connectivity index (χ0) is 11.5. The first-order chi connectivity index (χ1) is 7.70. The van der Waals surface area contributed by atoms with E-state index in [1.165, 1.54) is 10.4 Å². The molecule has 0 amide bonds. The van der Waals surface area contributed by atoms with Crippen molar-refractivity contribution in [3.8, 4) is 0 Å². The highest BCUT2D eigenvalue weighted by molar-refractivity contribution is 7.10. The highest BCUT2D eigenvalue weighted by atomic mass is 32.1. The van der Waals surface area contributed by atoms with Gasteiger partial charge in [0.1, 0.15) is 0 Å². The van der Waals surface area contributed by atoms with E-state index in [1.54, 1.807) is 11.3 Å². The lowest BCUT2D eigenvalue weighted by molar-refractivity contribution is 0.636. The molecule has 0 aromatic carbocycles. The van der Waals surface area contributed by atoms with Crippen LogP contribution < -0.4 is 11.3 Å². The minimum atomic E-state index is 0.0253. The van der Waals surface area contributed by atoms with Gasteiger partial charge < -0.3 is 0 Å². The minimum absolute atomic E-state index is 0.0253. The molecule has 84 valence electrons. The number of nitrogens with two attached hydrogens (primary N) is 1. The maximum Gasteiger partial charge on any atom is 0.0733 e. The number of hydrogen-bond donors (Lipinski definition) is 2. The van der Waals surface area contributed by atoms with Crippen LogP contribution in [-0.2, 0) is 0 Å². The van der Waals surface area contributed by atoms with Gasteiger partial charge in [-0.25, -0.2) is 5.43 Å². The molecule has 2 heterocycles. The van der Waals surface area contributed by atoms with Crippen molar-refractivity contribution in [2.75, 3.05) is 0 Å². The molecule has 0 aliphatic carbocycles. The first-order valence-electron chi connectivity index (χ1n) is 5.13. The van der Waals surface area contributed by atoms with Crippen LogP contribution in [0.5, 0.6) is 0 Å². The van der Waals surface area contributed by atoms with Gasteiger partial charge in [0.25, 0.3) is 0 Å². The molecular weight excluding hydrogens is 218 g/mol. The molecule has 0 bridgehead atoms. The van der Waals surface area contributed by atoms with Crippen molar-refractivity contribution in [2.24, 2.45) is 5.84 Å². The van der Waals surface area contributed by atoms with Gasteiger partial charge >= 0.3 is 0 Å². The smallest absolute Gasteiger partial charge is 0.0733 e. The highest BCUT2D eigenvalue weighted by Crippen LogP contribution is 2.25. The molecule has 16 heavy (non-hydrogen) atoms.